The molecule has 9 heteroatoms. The van der Waals surface area contributed by atoms with Gasteiger partial charge in [-0.25, -0.2) is 8.42 Å². The van der Waals surface area contributed by atoms with Crippen LogP contribution in [0.4, 0.5) is 18.9 Å². The monoisotopic (exact) mass is 417 g/mol. The number of amides is 1. The molecule has 0 radical (unpaired) electrons. The Morgan fingerprint density at radius 1 is 1.11 bits per heavy atom. The Morgan fingerprint density at radius 2 is 1.78 bits per heavy atom. The predicted octanol–water partition coefficient (Wildman–Crippen LogP) is 4.19. The van der Waals surface area contributed by atoms with Crippen LogP contribution in [0.1, 0.15) is 22.3 Å². The van der Waals surface area contributed by atoms with Crippen LogP contribution < -0.4 is 4.90 Å². The highest BCUT2D eigenvalue weighted by Gasteiger charge is 2.38. The van der Waals surface area contributed by atoms with Gasteiger partial charge in [0.05, 0.1) is 28.1 Å². The van der Waals surface area contributed by atoms with E-state index in [-0.39, 0.29) is 29.2 Å². The van der Waals surface area contributed by atoms with Gasteiger partial charge in [0.2, 0.25) is 0 Å². The van der Waals surface area contributed by atoms with Gasteiger partial charge in [0.15, 0.2) is 9.84 Å². The van der Waals surface area contributed by atoms with Crippen LogP contribution in [0.2, 0.25) is 5.02 Å². The lowest BCUT2D eigenvalue weighted by Gasteiger charge is -2.29. The molecule has 2 aromatic carbocycles. The summed E-state index contributed by atoms with van der Waals surface area (Å²) in [6.07, 6.45) is -4.54. The van der Waals surface area contributed by atoms with Gasteiger partial charge in [0.25, 0.3) is 5.91 Å². The van der Waals surface area contributed by atoms with E-state index in [1.165, 1.54) is 18.2 Å². The summed E-state index contributed by atoms with van der Waals surface area (Å²) in [6.45, 7) is 0. The number of hydrogen-bond donors (Lipinski definition) is 0. The van der Waals surface area contributed by atoms with Crippen molar-refractivity contribution in [3.05, 3.63) is 64.7 Å². The smallest absolute Gasteiger partial charge is 0.304 e. The van der Waals surface area contributed by atoms with Crippen LogP contribution in [0, 0.1) is 0 Å². The van der Waals surface area contributed by atoms with Gasteiger partial charge in [0, 0.05) is 11.3 Å². The average Bonchev–Trinajstić information content (AvgIpc) is 2.95. The van der Waals surface area contributed by atoms with E-state index < -0.39 is 38.5 Å². The second-order valence-corrected chi connectivity index (χ2v) is 8.90. The normalized spacial score (nSPS) is 19.0. The minimum Gasteiger partial charge on any atom is -0.304 e. The van der Waals surface area contributed by atoms with Gasteiger partial charge in [0.1, 0.15) is 0 Å². The lowest BCUT2D eigenvalue weighted by molar-refractivity contribution is -0.137. The number of hydrogen-bond acceptors (Lipinski definition) is 3. The van der Waals surface area contributed by atoms with Gasteiger partial charge in [-0.2, -0.15) is 13.2 Å². The molecule has 4 nitrogen and oxygen atoms in total. The average molecular weight is 418 g/mol. The zero-order valence-electron chi connectivity index (χ0n) is 13.9. The van der Waals surface area contributed by atoms with Crippen LogP contribution in [0.25, 0.3) is 0 Å². The number of benzene rings is 2. The first-order valence-electron chi connectivity index (χ1n) is 8.04. The summed E-state index contributed by atoms with van der Waals surface area (Å²) in [4.78, 5) is 14.1. The van der Waals surface area contributed by atoms with Gasteiger partial charge >= 0.3 is 6.18 Å². The lowest BCUT2D eigenvalue weighted by atomic mass is 10.1. The molecule has 0 aliphatic carbocycles. The molecule has 0 aromatic heterocycles. The zero-order valence-corrected chi connectivity index (χ0v) is 15.5. The molecule has 0 N–H and O–H groups in total. The van der Waals surface area contributed by atoms with Gasteiger partial charge in [-0.05, 0) is 36.8 Å². The molecule has 0 bridgehead atoms. The van der Waals surface area contributed by atoms with E-state index in [4.69, 9.17) is 11.6 Å². The zero-order chi connectivity index (χ0) is 19.8. The largest absolute Gasteiger partial charge is 0.417 e. The van der Waals surface area contributed by atoms with E-state index in [1.807, 2.05) is 0 Å². The van der Waals surface area contributed by atoms with E-state index in [1.54, 1.807) is 18.2 Å². The van der Waals surface area contributed by atoms with Crippen molar-refractivity contribution in [3.63, 3.8) is 0 Å². The molecule has 1 heterocycles. The second-order valence-electron chi connectivity index (χ2n) is 6.26. The molecule has 1 fully saturated rings. The first kappa shape index (κ1) is 19.7. The molecule has 144 valence electrons. The number of carbonyl (C=O) groups excluding carboxylic acids is 1. The lowest BCUT2D eigenvalue weighted by Crippen LogP contribution is -2.41. The summed E-state index contributed by atoms with van der Waals surface area (Å²) in [5.74, 6) is -0.973. The highest BCUT2D eigenvalue weighted by molar-refractivity contribution is 7.91. The number of rotatable bonds is 3. The van der Waals surface area contributed by atoms with Crippen molar-refractivity contribution < 1.29 is 26.4 Å². The molecule has 1 aliphatic heterocycles. The Hall–Kier alpha value is -2.06. The summed E-state index contributed by atoms with van der Waals surface area (Å²) in [6, 6.07) is 10.4. The van der Waals surface area contributed by atoms with Crippen molar-refractivity contribution in [2.75, 3.05) is 16.4 Å². The molecule has 2 aromatic rings. The minimum atomic E-state index is -4.70. The fourth-order valence-corrected chi connectivity index (χ4v) is 5.00. The van der Waals surface area contributed by atoms with E-state index in [2.05, 4.69) is 0 Å². The molecule has 0 saturated carbocycles. The molecule has 27 heavy (non-hydrogen) atoms. The van der Waals surface area contributed by atoms with Crippen molar-refractivity contribution in [2.45, 2.75) is 18.6 Å². The Labute approximate surface area is 159 Å². The van der Waals surface area contributed by atoms with Crippen LogP contribution >= 0.6 is 11.6 Å². The summed E-state index contributed by atoms with van der Waals surface area (Å²) in [7, 11) is -3.35. The van der Waals surface area contributed by atoms with Crippen LogP contribution in [0.15, 0.2) is 48.5 Å². The summed E-state index contributed by atoms with van der Waals surface area (Å²) >= 11 is 5.67. The van der Waals surface area contributed by atoms with Gasteiger partial charge in [-0.15, -0.1) is 0 Å². The van der Waals surface area contributed by atoms with Crippen molar-refractivity contribution >= 4 is 33.0 Å². The van der Waals surface area contributed by atoms with Crippen molar-refractivity contribution in [1.29, 1.82) is 0 Å². The second kappa shape index (κ2) is 7.16. The first-order valence-corrected chi connectivity index (χ1v) is 10.2. The number of nitrogens with zero attached hydrogens (tertiary/aromatic N) is 1. The van der Waals surface area contributed by atoms with Crippen molar-refractivity contribution in [2.24, 2.45) is 0 Å². The van der Waals surface area contributed by atoms with Crippen molar-refractivity contribution in [1.82, 2.24) is 0 Å². The maximum atomic E-state index is 13.2. The molecule has 1 aliphatic rings. The summed E-state index contributed by atoms with van der Waals surface area (Å²) in [5, 5.41) is -0.489. The molecule has 1 amide bonds. The van der Waals surface area contributed by atoms with Crippen LogP contribution in [-0.4, -0.2) is 31.9 Å². The van der Waals surface area contributed by atoms with E-state index in [9.17, 15) is 26.4 Å². The van der Waals surface area contributed by atoms with Crippen LogP contribution in [-0.2, 0) is 16.0 Å². The Kier molecular flexibility index (Phi) is 5.22. The summed E-state index contributed by atoms with van der Waals surface area (Å²) in [5.41, 5.74) is -0.860. The van der Waals surface area contributed by atoms with Crippen molar-refractivity contribution in [3.8, 4) is 0 Å². The third-order valence-corrected chi connectivity index (χ3v) is 6.43. The van der Waals surface area contributed by atoms with E-state index in [0.29, 0.717) is 0 Å². The third kappa shape index (κ3) is 4.27. The number of halogens is 4. The quantitative estimate of drug-likeness (QED) is 0.752. The molecule has 1 atom stereocenters. The molecule has 0 spiro atoms. The Bertz CT molecular complexity index is 962. The number of sulfone groups is 1. The van der Waals surface area contributed by atoms with Gasteiger partial charge in [-0.1, -0.05) is 29.8 Å². The Balaban J connectivity index is 2.09. The van der Waals surface area contributed by atoms with E-state index >= 15 is 0 Å². The fraction of sp³-hybridized carbons (Fsp3) is 0.278. The van der Waals surface area contributed by atoms with Gasteiger partial charge < -0.3 is 4.90 Å². The Morgan fingerprint density at radius 3 is 2.33 bits per heavy atom. The molecule has 1 unspecified atom stereocenters. The molecule has 3 rings (SSSR count). The summed E-state index contributed by atoms with van der Waals surface area (Å²) < 4.78 is 63.5. The highest BCUT2D eigenvalue weighted by Crippen LogP contribution is 2.38. The van der Waals surface area contributed by atoms with Crippen LogP contribution in [0.5, 0.6) is 0 Å². The first-order chi connectivity index (χ1) is 12.6. The fourth-order valence-electron chi connectivity index (χ4n) is 3.07. The van der Waals surface area contributed by atoms with Gasteiger partial charge in [-0.3, -0.25) is 4.79 Å². The molecular formula is C18H15ClF3NO3S. The molecule has 1 saturated heterocycles. The maximum Gasteiger partial charge on any atom is 0.417 e. The number of carbonyl (C=O) groups is 1. The number of anilines is 1. The topological polar surface area (TPSA) is 54.5 Å². The minimum absolute atomic E-state index is 0.0392. The highest BCUT2D eigenvalue weighted by atomic mass is 35.5. The SMILES string of the molecule is O=C(c1ccccc1)N(c1ccc(Cl)c(C(F)(F)F)c1)C1CCS(=O)(=O)C1. The molecular weight excluding hydrogens is 403 g/mol. The number of alkyl halides is 3. The third-order valence-electron chi connectivity index (χ3n) is 4.35. The van der Waals surface area contributed by atoms with Crippen LogP contribution in [0.3, 0.4) is 0 Å². The van der Waals surface area contributed by atoms with E-state index in [0.717, 1.165) is 17.0 Å². The standard InChI is InChI=1S/C18H15ClF3NO3S/c19-16-7-6-13(10-15(16)18(20,21)22)23(14-8-9-27(25,26)11-14)17(24)12-4-2-1-3-5-12/h1-7,10,14H,8-9,11H2. The maximum absolute atomic E-state index is 13.2. The predicted molar refractivity (Wildman–Crippen MR) is 96.8 cm³/mol.